The van der Waals surface area contributed by atoms with Gasteiger partial charge in [0.15, 0.2) is 5.69 Å². The second-order valence-corrected chi connectivity index (χ2v) is 9.95. The monoisotopic (exact) mass is 499 g/mol. The van der Waals surface area contributed by atoms with Crippen LogP contribution in [0.25, 0.3) is 5.69 Å². The van der Waals surface area contributed by atoms with Crippen LogP contribution in [-0.4, -0.2) is 47.4 Å². The Hall–Kier alpha value is -3.57. The summed E-state index contributed by atoms with van der Waals surface area (Å²) in [6, 6.07) is 11.8. The van der Waals surface area contributed by atoms with Gasteiger partial charge in [-0.05, 0) is 49.6 Å². The van der Waals surface area contributed by atoms with Crippen molar-refractivity contribution in [1.82, 2.24) is 24.9 Å². The number of hydrogen-bond donors (Lipinski definition) is 2. The number of aromatic nitrogens is 2. The predicted octanol–water partition coefficient (Wildman–Crippen LogP) is 2.61. The molecule has 0 spiro atoms. The van der Waals surface area contributed by atoms with Crippen LogP contribution in [0.5, 0.6) is 0 Å². The van der Waals surface area contributed by atoms with E-state index >= 15 is 0 Å². The molecule has 2 N–H and O–H groups in total. The van der Waals surface area contributed by atoms with Gasteiger partial charge in [0.05, 0.1) is 4.90 Å². The summed E-state index contributed by atoms with van der Waals surface area (Å²) in [4.78, 5) is 25.5. The van der Waals surface area contributed by atoms with E-state index < -0.39 is 27.7 Å². The number of carbonyl (C=O) groups excluding carboxylic acids is 2. The van der Waals surface area contributed by atoms with Gasteiger partial charge in [-0.2, -0.15) is 9.40 Å². The van der Waals surface area contributed by atoms with Crippen LogP contribution in [0.15, 0.2) is 53.4 Å². The molecule has 0 fully saturated rings. The lowest BCUT2D eigenvalue weighted by atomic mass is 10.2. The number of nitrogens with one attached hydrogen (secondary N) is 2. The third-order valence-electron chi connectivity index (χ3n) is 5.95. The molecule has 1 aliphatic carbocycles. The molecular weight excluding hydrogens is 473 g/mol. The molecule has 0 unspecified atom stereocenters. The number of sulfonamides is 1. The number of hydrogen-bond acceptors (Lipinski definition) is 5. The molecule has 9 nitrogen and oxygen atoms in total. The van der Waals surface area contributed by atoms with E-state index in [4.69, 9.17) is 0 Å². The van der Waals surface area contributed by atoms with Crippen LogP contribution in [0.4, 0.5) is 4.39 Å². The van der Waals surface area contributed by atoms with Crippen molar-refractivity contribution in [2.24, 2.45) is 0 Å². The number of fused-ring (bicyclic) bond motifs is 1. The van der Waals surface area contributed by atoms with Gasteiger partial charge < -0.3 is 0 Å². The average molecular weight is 500 g/mol. The van der Waals surface area contributed by atoms with Gasteiger partial charge in [-0.1, -0.05) is 32.0 Å². The molecular formula is C24H26FN5O4S. The molecule has 0 saturated heterocycles. The smallest absolute Gasteiger partial charge is 0.267 e. The van der Waals surface area contributed by atoms with Crippen LogP contribution in [0.3, 0.4) is 0 Å². The highest BCUT2D eigenvalue weighted by Crippen LogP contribution is 2.28. The van der Waals surface area contributed by atoms with Crippen molar-refractivity contribution in [1.29, 1.82) is 0 Å². The zero-order chi connectivity index (χ0) is 25.2. The first-order chi connectivity index (χ1) is 16.8. The highest BCUT2D eigenvalue weighted by Gasteiger charge is 2.28. The topological polar surface area (TPSA) is 113 Å². The number of nitrogens with zero attached hydrogens (tertiary/aromatic N) is 3. The van der Waals surface area contributed by atoms with Gasteiger partial charge in [-0.3, -0.25) is 20.4 Å². The molecule has 35 heavy (non-hydrogen) atoms. The molecule has 0 aliphatic heterocycles. The van der Waals surface area contributed by atoms with Crippen LogP contribution in [0.2, 0.25) is 0 Å². The van der Waals surface area contributed by atoms with Gasteiger partial charge in [0.1, 0.15) is 11.5 Å². The third-order valence-corrected chi connectivity index (χ3v) is 8.00. The number of halogens is 1. The largest absolute Gasteiger partial charge is 0.290 e. The Morgan fingerprint density at radius 2 is 1.74 bits per heavy atom. The average Bonchev–Trinajstić information content (AvgIpc) is 3.46. The summed E-state index contributed by atoms with van der Waals surface area (Å²) in [6.07, 6.45) is 2.08. The molecule has 0 bridgehead atoms. The van der Waals surface area contributed by atoms with Crippen LogP contribution in [-0.2, 0) is 22.9 Å². The first kappa shape index (κ1) is 24.6. The first-order valence-electron chi connectivity index (χ1n) is 11.3. The zero-order valence-electron chi connectivity index (χ0n) is 19.4. The molecule has 4 rings (SSSR count). The fourth-order valence-corrected chi connectivity index (χ4v) is 5.70. The SMILES string of the molecule is CCN(CC)S(=O)(=O)c1cccc(C(=O)NNC(=O)c2nn(-c3ccccc3F)c3c2CCC3)c1. The van der Waals surface area contributed by atoms with Crippen molar-refractivity contribution in [2.45, 2.75) is 38.0 Å². The van der Waals surface area contributed by atoms with Gasteiger partial charge in [-0.25, -0.2) is 17.5 Å². The van der Waals surface area contributed by atoms with Crippen LogP contribution in [0, 0.1) is 5.82 Å². The van der Waals surface area contributed by atoms with E-state index in [9.17, 15) is 22.4 Å². The Balaban J connectivity index is 1.52. The van der Waals surface area contributed by atoms with E-state index in [0.29, 0.717) is 31.5 Å². The fourth-order valence-electron chi connectivity index (χ4n) is 4.20. The lowest BCUT2D eigenvalue weighted by molar-refractivity contribution is 0.0843. The first-order valence-corrected chi connectivity index (χ1v) is 12.8. The molecule has 11 heteroatoms. The molecule has 0 saturated carbocycles. The molecule has 3 aromatic rings. The summed E-state index contributed by atoms with van der Waals surface area (Å²) in [7, 11) is -3.74. The lowest BCUT2D eigenvalue weighted by Crippen LogP contribution is -2.42. The van der Waals surface area contributed by atoms with E-state index in [-0.39, 0.29) is 21.8 Å². The van der Waals surface area contributed by atoms with Crippen molar-refractivity contribution in [3.8, 4) is 5.69 Å². The maximum absolute atomic E-state index is 14.3. The predicted molar refractivity (Wildman–Crippen MR) is 127 cm³/mol. The van der Waals surface area contributed by atoms with Crippen molar-refractivity contribution in [3.05, 3.63) is 76.9 Å². The molecule has 1 aromatic heterocycles. The zero-order valence-corrected chi connectivity index (χ0v) is 20.2. The minimum absolute atomic E-state index is 0.0124. The molecule has 0 atom stereocenters. The fraction of sp³-hybridized carbons (Fsp3) is 0.292. The normalized spacial score (nSPS) is 13.0. The number of amides is 2. The maximum Gasteiger partial charge on any atom is 0.290 e. The van der Waals surface area contributed by atoms with Crippen LogP contribution < -0.4 is 10.9 Å². The standard InChI is InChI=1S/C24H26FN5O4S/c1-3-29(4-2)35(33,34)17-10-7-9-16(15-17)23(31)26-27-24(32)22-18-11-8-14-20(18)30(28-22)21-13-6-5-12-19(21)25/h5-7,9-10,12-13,15H,3-4,8,11,14H2,1-2H3,(H,26,31)(H,27,32). The van der Waals surface area contributed by atoms with E-state index in [1.807, 2.05) is 0 Å². The summed E-state index contributed by atoms with van der Waals surface area (Å²) in [5.41, 5.74) is 6.57. The summed E-state index contributed by atoms with van der Waals surface area (Å²) >= 11 is 0. The molecule has 2 amide bonds. The quantitative estimate of drug-likeness (QED) is 0.485. The van der Waals surface area contributed by atoms with Gasteiger partial charge >= 0.3 is 0 Å². The second kappa shape index (κ2) is 9.96. The Kier molecular flexibility index (Phi) is 6.99. The lowest BCUT2D eigenvalue weighted by Gasteiger charge is -2.18. The summed E-state index contributed by atoms with van der Waals surface area (Å²) in [5, 5.41) is 4.33. The molecule has 0 radical (unpaired) electrons. The van der Waals surface area contributed by atoms with Crippen LogP contribution in [0.1, 0.15) is 52.4 Å². The second-order valence-electron chi connectivity index (χ2n) is 8.02. The van der Waals surface area contributed by atoms with E-state index in [1.54, 1.807) is 32.0 Å². The van der Waals surface area contributed by atoms with Crippen molar-refractivity contribution < 1.29 is 22.4 Å². The number of hydrazine groups is 1. The number of rotatable bonds is 7. The minimum atomic E-state index is -3.74. The number of para-hydroxylation sites is 1. The van der Waals surface area contributed by atoms with Crippen molar-refractivity contribution in [3.63, 3.8) is 0 Å². The maximum atomic E-state index is 14.3. The Labute approximate surface area is 203 Å². The number of carbonyl (C=O) groups is 2. The molecule has 1 aliphatic rings. The third kappa shape index (κ3) is 4.69. The van der Waals surface area contributed by atoms with Crippen molar-refractivity contribution in [2.75, 3.05) is 13.1 Å². The van der Waals surface area contributed by atoms with Gasteiger partial charge in [0, 0.05) is 29.9 Å². The highest BCUT2D eigenvalue weighted by atomic mass is 32.2. The van der Waals surface area contributed by atoms with E-state index in [2.05, 4.69) is 16.0 Å². The van der Waals surface area contributed by atoms with Crippen LogP contribution >= 0.6 is 0 Å². The van der Waals surface area contributed by atoms with Gasteiger partial charge in [0.25, 0.3) is 11.8 Å². The molecule has 184 valence electrons. The number of benzene rings is 2. The summed E-state index contributed by atoms with van der Waals surface area (Å²) in [6.45, 7) is 4.07. The highest BCUT2D eigenvalue weighted by molar-refractivity contribution is 7.89. The molecule has 2 aromatic carbocycles. The minimum Gasteiger partial charge on any atom is -0.267 e. The van der Waals surface area contributed by atoms with E-state index in [1.165, 1.54) is 39.3 Å². The summed E-state index contributed by atoms with van der Waals surface area (Å²) < 4.78 is 42.6. The van der Waals surface area contributed by atoms with Gasteiger partial charge in [0.2, 0.25) is 10.0 Å². The Morgan fingerprint density at radius 3 is 2.46 bits per heavy atom. The summed E-state index contributed by atoms with van der Waals surface area (Å²) in [5.74, 6) is -1.77. The Morgan fingerprint density at radius 1 is 1.03 bits per heavy atom. The molecule has 1 heterocycles. The van der Waals surface area contributed by atoms with Crippen molar-refractivity contribution >= 4 is 21.8 Å². The van der Waals surface area contributed by atoms with Gasteiger partial charge in [-0.15, -0.1) is 0 Å². The Bertz CT molecular complexity index is 1380. The van der Waals surface area contributed by atoms with E-state index in [0.717, 1.165) is 12.1 Å².